The van der Waals surface area contributed by atoms with E-state index in [1.165, 1.54) is 0 Å². The molecule has 150 valence electrons. The van der Waals surface area contributed by atoms with Crippen molar-refractivity contribution in [2.24, 2.45) is 5.92 Å². The van der Waals surface area contributed by atoms with Crippen LogP contribution < -0.4 is 15.4 Å². The highest BCUT2D eigenvalue weighted by Gasteiger charge is 2.19. The van der Waals surface area contributed by atoms with E-state index in [1.54, 1.807) is 50.6 Å². The van der Waals surface area contributed by atoms with Gasteiger partial charge in [0, 0.05) is 5.56 Å². The first-order chi connectivity index (χ1) is 14.0. The summed E-state index contributed by atoms with van der Waals surface area (Å²) in [5, 5.41) is 5.81. The van der Waals surface area contributed by atoms with Gasteiger partial charge in [-0.3, -0.25) is 9.59 Å². The molecule has 1 atom stereocenters. The maximum Gasteiger partial charge on any atom is 0.255 e. The van der Waals surface area contributed by atoms with Gasteiger partial charge in [-0.1, -0.05) is 12.1 Å². The number of nitrogens with one attached hydrogen (secondary N) is 2. The van der Waals surface area contributed by atoms with Crippen molar-refractivity contribution in [2.75, 3.05) is 24.9 Å². The predicted molar refractivity (Wildman–Crippen MR) is 113 cm³/mol. The quantitative estimate of drug-likeness (QED) is 0.768. The average Bonchev–Trinajstić information content (AvgIpc) is 2.75. The average molecular weight is 392 g/mol. The largest absolute Gasteiger partial charge is 0.497 e. The van der Waals surface area contributed by atoms with Crippen LogP contribution >= 0.6 is 0 Å². The van der Waals surface area contributed by atoms with E-state index in [1.807, 2.05) is 31.2 Å². The van der Waals surface area contributed by atoms with Crippen molar-refractivity contribution in [3.05, 3.63) is 77.6 Å². The van der Waals surface area contributed by atoms with E-state index < -0.39 is 0 Å². The summed E-state index contributed by atoms with van der Waals surface area (Å²) >= 11 is 0. The van der Waals surface area contributed by atoms with Gasteiger partial charge in [-0.25, -0.2) is 0 Å². The Morgan fingerprint density at radius 3 is 2.34 bits per heavy atom. The lowest BCUT2D eigenvalue weighted by Crippen LogP contribution is -2.23. The molecule has 6 heteroatoms. The number of methoxy groups -OCH3 is 2. The Kier molecular flexibility index (Phi) is 6.34. The highest BCUT2D eigenvalue weighted by atomic mass is 16.5. The van der Waals surface area contributed by atoms with Crippen LogP contribution in [0.15, 0.2) is 66.5 Å². The first kappa shape index (κ1) is 20.2. The summed E-state index contributed by atoms with van der Waals surface area (Å²) in [5.41, 5.74) is 2.57. The number of carbonyl (C=O) groups is 2. The fraction of sp³-hybridized carbons (Fsp3) is 0.217. The zero-order valence-electron chi connectivity index (χ0n) is 16.7. The predicted octanol–water partition coefficient (Wildman–Crippen LogP) is 4.30. The molecule has 1 aliphatic rings. The first-order valence-corrected chi connectivity index (χ1v) is 9.29. The zero-order valence-corrected chi connectivity index (χ0v) is 16.7. The highest BCUT2D eigenvalue weighted by molar-refractivity contribution is 6.07. The van der Waals surface area contributed by atoms with Gasteiger partial charge in [-0.05, 0) is 67.5 Å². The molecule has 29 heavy (non-hydrogen) atoms. The smallest absolute Gasteiger partial charge is 0.255 e. The fourth-order valence-corrected chi connectivity index (χ4v) is 2.98. The Morgan fingerprint density at radius 2 is 1.72 bits per heavy atom. The number of anilines is 2. The molecule has 2 aromatic rings. The number of benzene rings is 2. The number of carbonyl (C=O) groups excluding carboxylic acids is 2. The molecule has 0 bridgehead atoms. The molecule has 0 saturated heterocycles. The molecular formula is C23H24N2O4. The van der Waals surface area contributed by atoms with Gasteiger partial charge in [0.2, 0.25) is 5.91 Å². The van der Waals surface area contributed by atoms with Crippen LogP contribution in [0.4, 0.5) is 11.4 Å². The fourth-order valence-electron chi connectivity index (χ4n) is 2.98. The summed E-state index contributed by atoms with van der Waals surface area (Å²) in [6, 6.07) is 12.3. The number of hydrogen-bond donors (Lipinski definition) is 2. The van der Waals surface area contributed by atoms with Gasteiger partial charge in [0.25, 0.3) is 5.91 Å². The molecule has 0 saturated carbocycles. The number of amides is 2. The maximum atomic E-state index is 12.7. The lowest BCUT2D eigenvalue weighted by Gasteiger charge is -2.18. The molecule has 1 aliphatic carbocycles. The van der Waals surface area contributed by atoms with Crippen molar-refractivity contribution in [1.29, 1.82) is 0 Å². The van der Waals surface area contributed by atoms with Crippen LogP contribution in [0.3, 0.4) is 0 Å². The Bertz CT molecular complexity index is 961. The molecule has 2 N–H and O–H groups in total. The molecule has 0 spiro atoms. The van der Waals surface area contributed by atoms with Gasteiger partial charge in [-0.15, -0.1) is 0 Å². The molecule has 0 aliphatic heterocycles. The van der Waals surface area contributed by atoms with Gasteiger partial charge in [-0.2, -0.15) is 0 Å². The van der Waals surface area contributed by atoms with E-state index in [2.05, 4.69) is 10.6 Å². The summed E-state index contributed by atoms with van der Waals surface area (Å²) in [5.74, 6) is 0.725. The number of rotatable bonds is 6. The molecular weight excluding hydrogens is 368 g/mol. The van der Waals surface area contributed by atoms with Gasteiger partial charge in [0.1, 0.15) is 11.5 Å². The molecule has 0 fully saturated rings. The van der Waals surface area contributed by atoms with Crippen LogP contribution in [-0.2, 0) is 9.53 Å². The molecule has 3 rings (SSSR count). The van der Waals surface area contributed by atoms with Crippen LogP contribution in [-0.4, -0.2) is 26.0 Å². The van der Waals surface area contributed by atoms with Crippen LogP contribution in [0.1, 0.15) is 22.3 Å². The van der Waals surface area contributed by atoms with Gasteiger partial charge in [0.15, 0.2) is 0 Å². The number of ether oxygens (including phenoxy) is 2. The van der Waals surface area contributed by atoms with Crippen molar-refractivity contribution >= 4 is 23.2 Å². The Balaban J connectivity index is 1.73. The number of aryl methyl sites for hydroxylation is 1. The second-order valence-electron chi connectivity index (χ2n) is 6.73. The third kappa shape index (κ3) is 5.04. The summed E-state index contributed by atoms with van der Waals surface area (Å²) < 4.78 is 10.3. The third-order valence-electron chi connectivity index (χ3n) is 4.67. The minimum absolute atomic E-state index is 0.141. The van der Waals surface area contributed by atoms with Crippen molar-refractivity contribution in [3.63, 3.8) is 0 Å². The lowest BCUT2D eigenvalue weighted by molar-refractivity contribution is -0.118. The van der Waals surface area contributed by atoms with Gasteiger partial charge >= 0.3 is 0 Å². The molecule has 1 unspecified atom stereocenters. The third-order valence-corrected chi connectivity index (χ3v) is 4.67. The van der Waals surface area contributed by atoms with Gasteiger partial charge < -0.3 is 20.1 Å². The van der Waals surface area contributed by atoms with Crippen molar-refractivity contribution < 1.29 is 19.1 Å². The van der Waals surface area contributed by atoms with Crippen LogP contribution in [0.2, 0.25) is 0 Å². The molecule has 2 aromatic carbocycles. The topological polar surface area (TPSA) is 76.7 Å². The second-order valence-corrected chi connectivity index (χ2v) is 6.73. The van der Waals surface area contributed by atoms with Crippen LogP contribution in [0.5, 0.6) is 5.75 Å². The van der Waals surface area contributed by atoms with Crippen LogP contribution in [0, 0.1) is 12.8 Å². The van der Waals surface area contributed by atoms with Crippen molar-refractivity contribution in [3.8, 4) is 5.75 Å². The molecule has 2 amide bonds. The number of allylic oxidation sites excluding steroid dienone is 2. The van der Waals surface area contributed by atoms with Crippen LogP contribution in [0.25, 0.3) is 0 Å². The summed E-state index contributed by atoms with van der Waals surface area (Å²) in [6.45, 7) is 1.93. The minimum atomic E-state index is -0.292. The zero-order chi connectivity index (χ0) is 20.8. The Morgan fingerprint density at radius 1 is 0.966 bits per heavy atom. The van der Waals surface area contributed by atoms with Crippen molar-refractivity contribution in [2.45, 2.75) is 13.3 Å². The Hall–Kier alpha value is -3.54. The monoisotopic (exact) mass is 392 g/mol. The minimum Gasteiger partial charge on any atom is -0.497 e. The summed E-state index contributed by atoms with van der Waals surface area (Å²) in [6.07, 6.45) is 6.05. The second kappa shape index (κ2) is 9.10. The van der Waals surface area contributed by atoms with E-state index in [9.17, 15) is 9.59 Å². The van der Waals surface area contributed by atoms with E-state index >= 15 is 0 Å². The maximum absolute atomic E-state index is 12.7. The molecule has 0 aromatic heterocycles. The normalized spacial score (nSPS) is 15.3. The van der Waals surface area contributed by atoms with E-state index in [4.69, 9.17) is 9.47 Å². The SMILES string of the molecule is COC1=CCC(C(=O)Nc2cc(C)ccc2NC(=O)c2ccc(OC)cc2)C=C1. The van der Waals surface area contributed by atoms with Crippen molar-refractivity contribution in [1.82, 2.24) is 0 Å². The van der Waals surface area contributed by atoms with Gasteiger partial charge in [0.05, 0.1) is 31.5 Å². The standard InChI is InChI=1S/C23H24N2O4/c1-15-4-13-20(24-22(26)16-5-9-18(28-2)10-6-16)21(14-15)25-23(27)17-7-11-19(29-3)12-8-17/h4-7,9-14,17H,8H2,1-3H3,(H,24,26)(H,25,27). The molecule has 6 nitrogen and oxygen atoms in total. The highest BCUT2D eigenvalue weighted by Crippen LogP contribution is 2.26. The Labute approximate surface area is 170 Å². The lowest BCUT2D eigenvalue weighted by atomic mass is 9.99. The summed E-state index contributed by atoms with van der Waals surface area (Å²) in [7, 11) is 3.17. The number of hydrogen-bond acceptors (Lipinski definition) is 4. The van der Waals surface area contributed by atoms with E-state index in [-0.39, 0.29) is 17.7 Å². The molecule has 0 radical (unpaired) electrons. The van der Waals surface area contributed by atoms with E-state index in [0.717, 1.165) is 11.3 Å². The molecule has 0 heterocycles. The van der Waals surface area contributed by atoms with E-state index in [0.29, 0.717) is 29.1 Å². The summed E-state index contributed by atoms with van der Waals surface area (Å²) in [4.78, 5) is 25.3. The first-order valence-electron chi connectivity index (χ1n) is 9.29.